The van der Waals surface area contributed by atoms with Crippen LogP contribution in [0, 0.1) is 5.82 Å². The number of nitrogens with two attached hydrogens (primary N) is 1. The zero-order valence-corrected chi connectivity index (χ0v) is 11.2. The summed E-state index contributed by atoms with van der Waals surface area (Å²) in [7, 11) is 0. The van der Waals surface area contributed by atoms with Gasteiger partial charge in [-0.05, 0) is 18.2 Å². The van der Waals surface area contributed by atoms with Crippen LogP contribution in [0.2, 0.25) is 8.67 Å². The maximum Gasteiger partial charge on any atom is 0.258 e. The molecule has 0 spiro atoms. The number of carbonyl (C=O) groups excluding carboxylic acids is 1. The van der Waals surface area contributed by atoms with Crippen LogP contribution in [0.5, 0.6) is 0 Å². The number of hydrogen-bond acceptors (Lipinski definition) is 3. The summed E-state index contributed by atoms with van der Waals surface area (Å²) in [5.41, 5.74) is 5.84. The third-order valence-electron chi connectivity index (χ3n) is 2.19. The highest BCUT2D eigenvalue weighted by atomic mass is 35.5. The summed E-state index contributed by atoms with van der Waals surface area (Å²) in [5, 5.41) is 2.37. The molecule has 7 heteroatoms. The van der Waals surface area contributed by atoms with Gasteiger partial charge in [-0.3, -0.25) is 4.79 Å². The molecule has 1 aromatic carbocycles. The molecule has 18 heavy (non-hydrogen) atoms. The van der Waals surface area contributed by atoms with E-state index in [4.69, 9.17) is 28.9 Å². The van der Waals surface area contributed by atoms with Crippen LogP contribution in [-0.4, -0.2) is 5.91 Å². The SMILES string of the molecule is Nc1cccc(F)c1NC(=O)c1cc(Cl)sc1Cl. The number of rotatable bonds is 2. The topological polar surface area (TPSA) is 55.1 Å². The Morgan fingerprint density at radius 3 is 2.67 bits per heavy atom. The second-order valence-corrected chi connectivity index (χ2v) is 5.68. The molecule has 1 amide bonds. The quantitative estimate of drug-likeness (QED) is 0.823. The van der Waals surface area contributed by atoms with Gasteiger partial charge in [-0.1, -0.05) is 29.3 Å². The van der Waals surface area contributed by atoms with Crippen molar-refractivity contribution in [1.82, 2.24) is 0 Å². The van der Waals surface area contributed by atoms with Crippen LogP contribution >= 0.6 is 34.5 Å². The van der Waals surface area contributed by atoms with E-state index in [-0.39, 0.29) is 21.3 Å². The van der Waals surface area contributed by atoms with Gasteiger partial charge in [-0.2, -0.15) is 0 Å². The summed E-state index contributed by atoms with van der Waals surface area (Å²) in [4.78, 5) is 11.9. The van der Waals surface area contributed by atoms with Gasteiger partial charge in [0.05, 0.1) is 15.6 Å². The van der Waals surface area contributed by atoms with Crippen molar-refractivity contribution in [3.8, 4) is 0 Å². The maximum absolute atomic E-state index is 13.5. The van der Waals surface area contributed by atoms with Crippen molar-refractivity contribution in [3.63, 3.8) is 0 Å². The van der Waals surface area contributed by atoms with Gasteiger partial charge in [0, 0.05) is 0 Å². The van der Waals surface area contributed by atoms with Crippen LogP contribution in [0.25, 0.3) is 0 Å². The molecule has 0 saturated carbocycles. The Hall–Kier alpha value is -1.30. The number of nitrogen functional groups attached to an aromatic ring is 1. The molecule has 0 unspecified atom stereocenters. The summed E-state index contributed by atoms with van der Waals surface area (Å²) in [6.07, 6.45) is 0. The van der Waals surface area contributed by atoms with E-state index in [0.29, 0.717) is 4.34 Å². The maximum atomic E-state index is 13.5. The fourth-order valence-electron chi connectivity index (χ4n) is 1.35. The largest absolute Gasteiger partial charge is 0.397 e. The van der Waals surface area contributed by atoms with Crippen molar-refractivity contribution < 1.29 is 9.18 Å². The third-order valence-corrected chi connectivity index (χ3v) is 3.67. The molecule has 0 aliphatic heterocycles. The minimum absolute atomic E-state index is 0.0686. The molecule has 3 N–H and O–H groups in total. The van der Waals surface area contributed by atoms with Crippen molar-refractivity contribution in [2.24, 2.45) is 0 Å². The zero-order valence-electron chi connectivity index (χ0n) is 8.84. The standard InChI is InChI=1S/C11H7Cl2FN2OS/c12-8-4-5(10(13)18-8)11(17)16-9-6(14)2-1-3-7(9)15/h1-4H,15H2,(H,16,17). The van der Waals surface area contributed by atoms with Crippen LogP contribution in [0.15, 0.2) is 24.3 Å². The summed E-state index contributed by atoms with van der Waals surface area (Å²) in [6, 6.07) is 5.56. The fourth-order valence-corrected chi connectivity index (χ4v) is 2.81. The van der Waals surface area contributed by atoms with Crippen molar-refractivity contribution in [3.05, 3.63) is 44.3 Å². The number of anilines is 2. The highest BCUT2D eigenvalue weighted by Crippen LogP contribution is 2.32. The Labute approximate surface area is 116 Å². The van der Waals surface area contributed by atoms with Crippen molar-refractivity contribution in [2.45, 2.75) is 0 Å². The summed E-state index contributed by atoms with van der Waals surface area (Å²) in [5.74, 6) is -1.17. The lowest BCUT2D eigenvalue weighted by molar-refractivity contribution is 0.102. The molecular formula is C11H7Cl2FN2OS. The molecule has 0 radical (unpaired) electrons. The summed E-state index contributed by atoms with van der Waals surface area (Å²) >= 11 is 12.6. The van der Waals surface area contributed by atoms with Gasteiger partial charge in [0.25, 0.3) is 5.91 Å². The first kappa shape index (κ1) is 13.1. The minimum atomic E-state index is -0.610. The molecule has 0 aliphatic rings. The molecule has 2 rings (SSSR count). The second-order valence-electron chi connectivity index (χ2n) is 3.40. The van der Waals surface area contributed by atoms with E-state index in [9.17, 15) is 9.18 Å². The number of carbonyl (C=O) groups is 1. The van der Waals surface area contributed by atoms with Crippen LogP contribution in [0.1, 0.15) is 10.4 Å². The van der Waals surface area contributed by atoms with Crippen molar-refractivity contribution in [1.29, 1.82) is 0 Å². The van der Waals surface area contributed by atoms with Gasteiger partial charge < -0.3 is 11.1 Å². The Kier molecular flexibility index (Phi) is 3.75. The second kappa shape index (κ2) is 5.14. The lowest BCUT2D eigenvalue weighted by Gasteiger charge is -2.08. The van der Waals surface area contributed by atoms with Gasteiger partial charge in [0.15, 0.2) is 0 Å². The van der Waals surface area contributed by atoms with E-state index in [1.807, 2.05) is 0 Å². The number of thiophene rings is 1. The lowest BCUT2D eigenvalue weighted by atomic mass is 10.2. The minimum Gasteiger partial charge on any atom is -0.397 e. The van der Waals surface area contributed by atoms with Crippen LogP contribution in [0.4, 0.5) is 15.8 Å². The number of hydrogen-bond donors (Lipinski definition) is 2. The van der Waals surface area contributed by atoms with Crippen LogP contribution in [0.3, 0.4) is 0 Å². The number of nitrogens with one attached hydrogen (secondary N) is 1. The first-order valence-electron chi connectivity index (χ1n) is 4.79. The van der Waals surface area contributed by atoms with Gasteiger partial charge >= 0.3 is 0 Å². The molecule has 1 aromatic heterocycles. The van der Waals surface area contributed by atoms with E-state index < -0.39 is 11.7 Å². The Bertz CT molecular complexity index is 595. The third kappa shape index (κ3) is 2.58. The monoisotopic (exact) mass is 304 g/mol. The predicted molar refractivity (Wildman–Crippen MR) is 73.1 cm³/mol. The fraction of sp³-hybridized carbons (Fsp3) is 0. The molecule has 0 aliphatic carbocycles. The number of benzene rings is 1. The normalized spacial score (nSPS) is 10.4. The highest BCUT2D eigenvalue weighted by Gasteiger charge is 2.17. The highest BCUT2D eigenvalue weighted by molar-refractivity contribution is 7.20. The first-order valence-corrected chi connectivity index (χ1v) is 6.36. The van der Waals surface area contributed by atoms with Gasteiger partial charge in [-0.25, -0.2) is 4.39 Å². The van der Waals surface area contributed by atoms with E-state index in [1.54, 1.807) is 0 Å². The van der Waals surface area contributed by atoms with Gasteiger partial charge in [-0.15, -0.1) is 11.3 Å². The van der Waals surface area contributed by atoms with Gasteiger partial charge in [0.1, 0.15) is 15.8 Å². The van der Waals surface area contributed by atoms with Crippen LogP contribution < -0.4 is 11.1 Å². The van der Waals surface area contributed by atoms with E-state index in [1.165, 1.54) is 24.3 Å². The zero-order chi connectivity index (χ0) is 13.3. The molecule has 0 bridgehead atoms. The molecule has 0 fully saturated rings. The molecule has 2 aromatic rings. The average molecular weight is 305 g/mol. The molecule has 1 heterocycles. The van der Waals surface area contributed by atoms with E-state index in [0.717, 1.165) is 11.3 Å². The number of halogens is 3. The molecular weight excluding hydrogens is 298 g/mol. The molecule has 3 nitrogen and oxygen atoms in total. The van der Waals surface area contributed by atoms with Crippen molar-refractivity contribution >= 4 is 51.8 Å². The Morgan fingerprint density at radius 2 is 2.11 bits per heavy atom. The average Bonchev–Trinajstić information content (AvgIpc) is 2.63. The van der Waals surface area contributed by atoms with Gasteiger partial charge in [0.2, 0.25) is 0 Å². The van der Waals surface area contributed by atoms with E-state index >= 15 is 0 Å². The smallest absolute Gasteiger partial charge is 0.258 e. The Balaban J connectivity index is 2.30. The molecule has 94 valence electrons. The lowest BCUT2D eigenvalue weighted by Crippen LogP contribution is -2.14. The Morgan fingerprint density at radius 1 is 1.39 bits per heavy atom. The van der Waals surface area contributed by atoms with E-state index in [2.05, 4.69) is 5.32 Å². The number of amides is 1. The molecule has 0 atom stereocenters. The first-order chi connectivity index (χ1) is 8.49. The molecule has 0 saturated heterocycles. The predicted octanol–water partition coefficient (Wildman–Crippen LogP) is 4.03. The van der Waals surface area contributed by atoms with Crippen molar-refractivity contribution in [2.75, 3.05) is 11.1 Å². The summed E-state index contributed by atoms with van der Waals surface area (Å²) < 4.78 is 14.1. The van der Waals surface area contributed by atoms with Crippen LogP contribution in [-0.2, 0) is 0 Å². The number of para-hydroxylation sites is 1. The summed E-state index contributed by atoms with van der Waals surface area (Å²) in [6.45, 7) is 0.